The van der Waals surface area contributed by atoms with E-state index in [1.54, 1.807) is 6.08 Å². The molecule has 17 heteroatoms. The van der Waals surface area contributed by atoms with Crippen LogP contribution in [0.4, 0.5) is 5.13 Å². The maximum Gasteiger partial charge on any atom is 0.352 e. The molecular formula is C18H19N9O5S3. The SMILES string of the molecule is C=CCn1nnnc1SCC1=C(C(=O)O)N2C(=O)C(NC(=O)C(=NOC)c3csc(N)n3)[C@H]2SC1. The molecule has 0 bridgehead atoms. The first-order chi connectivity index (χ1) is 16.8. The summed E-state index contributed by atoms with van der Waals surface area (Å²) in [6, 6.07) is -0.936. The monoisotopic (exact) mass is 537 g/mol. The van der Waals surface area contributed by atoms with Crippen molar-refractivity contribution in [2.24, 2.45) is 5.16 Å². The molecule has 35 heavy (non-hydrogen) atoms. The lowest BCUT2D eigenvalue weighted by molar-refractivity contribution is -0.150. The van der Waals surface area contributed by atoms with Crippen molar-refractivity contribution in [2.45, 2.75) is 23.1 Å². The number of rotatable bonds is 10. The predicted octanol–water partition coefficient (Wildman–Crippen LogP) is -0.221. The van der Waals surface area contributed by atoms with Crippen LogP contribution in [-0.4, -0.2) is 88.7 Å². The smallest absolute Gasteiger partial charge is 0.352 e. The van der Waals surface area contributed by atoms with Gasteiger partial charge in [-0.1, -0.05) is 23.0 Å². The molecule has 4 rings (SSSR count). The number of thiazole rings is 1. The minimum absolute atomic E-state index is 0.0995. The minimum atomic E-state index is -1.23. The van der Waals surface area contributed by atoms with Crippen LogP contribution in [0.2, 0.25) is 0 Å². The van der Waals surface area contributed by atoms with Gasteiger partial charge in [-0.3, -0.25) is 14.5 Å². The summed E-state index contributed by atoms with van der Waals surface area (Å²) in [5.74, 6) is -1.84. The number of thioether (sulfide) groups is 2. The number of carbonyl (C=O) groups excluding carboxylic acids is 2. The predicted molar refractivity (Wildman–Crippen MR) is 128 cm³/mol. The van der Waals surface area contributed by atoms with Crippen molar-refractivity contribution < 1.29 is 24.3 Å². The molecule has 2 atom stereocenters. The summed E-state index contributed by atoms with van der Waals surface area (Å²) in [5, 5.41) is 29.3. The van der Waals surface area contributed by atoms with Gasteiger partial charge in [-0.15, -0.1) is 34.8 Å². The van der Waals surface area contributed by atoms with Gasteiger partial charge in [0.05, 0.1) is 6.54 Å². The molecule has 4 heterocycles. The van der Waals surface area contributed by atoms with E-state index < -0.39 is 29.2 Å². The van der Waals surface area contributed by atoms with E-state index in [0.29, 0.717) is 23.0 Å². The molecule has 0 saturated carbocycles. The Morgan fingerprint density at radius 2 is 2.31 bits per heavy atom. The third kappa shape index (κ3) is 4.87. The number of oxime groups is 1. The van der Waals surface area contributed by atoms with Crippen LogP contribution >= 0.6 is 34.9 Å². The summed E-state index contributed by atoms with van der Waals surface area (Å²) in [4.78, 5) is 47.8. The van der Waals surface area contributed by atoms with Crippen molar-refractivity contribution in [3.8, 4) is 0 Å². The number of nitrogens with one attached hydrogen (secondary N) is 1. The number of tetrazole rings is 1. The molecule has 2 aliphatic heterocycles. The van der Waals surface area contributed by atoms with Crippen molar-refractivity contribution in [1.29, 1.82) is 0 Å². The second-order valence-corrected chi connectivity index (χ2v) is 9.97. The van der Waals surface area contributed by atoms with Crippen molar-refractivity contribution in [3.05, 3.63) is 35.0 Å². The third-order valence-electron chi connectivity index (χ3n) is 4.88. The van der Waals surface area contributed by atoms with Gasteiger partial charge in [-0.2, -0.15) is 0 Å². The Bertz CT molecular complexity index is 1240. The number of β-lactam (4-membered cyclic amide) rings is 1. The van der Waals surface area contributed by atoms with Gasteiger partial charge < -0.3 is 21.0 Å². The number of allylic oxidation sites excluding steroid dienone is 1. The van der Waals surface area contributed by atoms with E-state index >= 15 is 0 Å². The topological polar surface area (TPSA) is 191 Å². The Hall–Kier alpha value is -3.44. The van der Waals surface area contributed by atoms with Crippen molar-refractivity contribution in [2.75, 3.05) is 24.3 Å². The summed E-state index contributed by atoms with van der Waals surface area (Å²) in [5.41, 5.74) is 6.15. The molecule has 2 aliphatic rings. The molecule has 4 N–H and O–H groups in total. The van der Waals surface area contributed by atoms with E-state index in [4.69, 9.17) is 10.6 Å². The van der Waals surface area contributed by atoms with Crippen molar-refractivity contribution in [1.82, 2.24) is 35.4 Å². The molecule has 2 amide bonds. The fraction of sp³-hybridized carbons (Fsp3) is 0.333. The van der Waals surface area contributed by atoms with Gasteiger partial charge in [-0.25, -0.2) is 14.5 Å². The lowest BCUT2D eigenvalue weighted by Crippen LogP contribution is -2.71. The number of nitrogen functional groups attached to an aromatic ring is 1. The Kier molecular flexibility index (Phi) is 7.37. The average molecular weight is 538 g/mol. The van der Waals surface area contributed by atoms with Gasteiger partial charge in [0, 0.05) is 16.9 Å². The van der Waals surface area contributed by atoms with Crippen LogP contribution < -0.4 is 11.1 Å². The zero-order valence-corrected chi connectivity index (χ0v) is 20.6. The molecular weight excluding hydrogens is 518 g/mol. The Balaban J connectivity index is 1.48. The standard InChI is InChI=1S/C18H19N9O5S3/c1-3-4-26-18(22-24-25-26)35-6-8-5-33-15-11(14(29)27(15)12(8)16(30)31)21-13(28)10(23-32-2)9-7-34-17(19)20-9/h3,7,11,15H,1,4-6H2,2H3,(H2,19,20)(H,21,28)(H,30,31)/t11?,15-/m1/s1. The molecule has 14 nitrogen and oxygen atoms in total. The number of nitrogens with two attached hydrogens (primary N) is 1. The van der Waals surface area contributed by atoms with Gasteiger partial charge in [0.15, 0.2) is 10.8 Å². The summed E-state index contributed by atoms with van der Waals surface area (Å²) in [7, 11) is 1.27. The van der Waals surface area contributed by atoms with Crippen LogP contribution in [0, 0.1) is 0 Å². The van der Waals surface area contributed by atoms with Gasteiger partial charge >= 0.3 is 5.97 Å². The number of carbonyl (C=O) groups is 3. The maximum atomic E-state index is 12.9. The van der Waals surface area contributed by atoms with Gasteiger partial charge in [0.25, 0.3) is 11.8 Å². The molecule has 1 fully saturated rings. The molecule has 184 valence electrons. The molecule has 2 aromatic heterocycles. The zero-order valence-electron chi connectivity index (χ0n) is 18.2. The van der Waals surface area contributed by atoms with Crippen molar-refractivity contribution >= 4 is 63.5 Å². The Labute approximate surface area is 210 Å². The molecule has 0 aromatic carbocycles. The van der Waals surface area contributed by atoms with E-state index in [1.165, 1.54) is 45.6 Å². The average Bonchev–Trinajstić information content (AvgIpc) is 3.47. The third-order valence-corrected chi connectivity index (χ3v) is 7.93. The lowest BCUT2D eigenvalue weighted by atomic mass is 10.0. The van der Waals surface area contributed by atoms with Crippen LogP contribution in [0.15, 0.2) is 39.6 Å². The number of nitrogens with zero attached hydrogens (tertiary/aromatic N) is 7. The van der Waals surface area contributed by atoms with Gasteiger partial charge in [0.1, 0.15) is 29.9 Å². The highest BCUT2D eigenvalue weighted by atomic mass is 32.2. The fourth-order valence-electron chi connectivity index (χ4n) is 3.38. The number of aliphatic carboxylic acids is 1. The Morgan fingerprint density at radius 1 is 1.51 bits per heavy atom. The van der Waals surface area contributed by atoms with Crippen LogP contribution in [0.3, 0.4) is 0 Å². The number of hydrogen-bond donors (Lipinski definition) is 3. The van der Waals surface area contributed by atoms with E-state index in [2.05, 4.69) is 37.6 Å². The molecule has 1 saturated heterocycles. The summed E-state index contributed by atoms with van der Waals surface area (Å²) >= 11 is 3.73. The summed E-state index contributed by atoms with van der Waals surface area (Å²) in [6.45, 7) is 4.06. The first kappa shape index (κ1) is 24.7. The molecule has 0 radical (unpaired) electrons. The fourth-order valence-corrected chi connectivity index (χ4v) is 6.30. The molecule has 0 aliphatic carbocycles. The first-order valence-electron chi connectivity index (χ1n) is 9.89. The van der Waals surface area contributed by atoms with E-state index in [9.17, 15) is 19.5 Å². The van der Waals surface area contributed by atoms with E-state index in [0.717, 1.165) is 11.3 Å². The molecule has 2 aromatic rings. The largest absolute Gasteiger partial charge is 0.477 e. The number of aromatic nitrogens is 5. The number of anilines is 1. The van der Waals surface area contributed by atoms with Crippen LogP contribution in [-0.2, 0) is 25.8 Å². The lowest BCUT2D eigenvalue weighted by Gasteiger charge is -2.49. The van der Waals surface area contributed by atoms with Crippen LogP contribution in [0.1, 0.15) is 5.69 Å². The molecule has 0 spiro atoms. The van der Waals surface area contributed by atoms with Gasteiger partial charge in [0.2, 0.25) is 5.16 Å². The number of fused-ring (bicyclic) bond motifs is 1. The highest BCUT2D eigenvalue weighted by Crippen LogP contribution is 2.41. The van der Waals surface area contributed by atoms with Gasteiger partial charge in [-0.05, 0) is 16.0 Å². The number of carboxylic acids is 1. The minimum Gasteiger partial charge on any atom is -0.477 e. The van der Waals surface area contributed by atoms with E-state index in [-0.39, 0.29) is 28.0 Å². The normalized spacial score (nSPS) is 19.7. The highest BCUT2D eigenvalue weighted by molar-refractivity contribution is 8.01. The van der Waals surface area contributed by atoms with E-state index in [1.807, 2.05) is 0 Å². The summed E-state index contributed by atoms with van der Waals surface area (Å²) < 4.78 is 1.53. The second kappa shape index (κ2) is 10.4. The Morgan fingerprint density at radius 3 is 2.97 bits per heavy atom. The van der Waals surface area contributed by atoms with Crippen LogP contribution in [0.5, 0.6) is 0 Å². The quantitative estimate of drug-likeness (QED) is 0.119. The first-order valence-corrected chi connectivity index (χ1v) is 12.8. The maximum absolute atomic E-state index is 12.9. The van der Waals surface area contributed by atoms with Crippen LogP contribution in [0.25, 0.3) is 0 Å². The number of amides is 2. The summed E-state index contributed by atoms with van der Waals surface area (Å²) in [6.07, 6.45) is 1.64. The highest BCUT2D eigenvalue weighted by Gasteiger charge is 2.54. The zero-order chi connectivity index (χ0) is 25.1. The van der Waals surface area contributed by atoms with Crippen molar-refractivity contribution in [3.63, 3.8) is 0 Å². The number of hydrogen-bond acceptors (Lipinski definition) is 13. The number of carboxylic acid groups (broad SMARTS) is 1. The second-order valence-electron chi connectivity index (χ2n) is 7.03. The molecule has 1 unspecified atom stereocenters.